The summed E-state index contributed by atoms with van der Waals surface area (Å²) in [7, 11) is -5.84. The molecule has 0 aliphatic heterocycles. The zero-order chi connectivity index (χ0) is 25.4. The Morgan fingerprint density at radius 3 is 1.71 bits per heavy atom. The number of aryl methyl sites for hydroxylation is 1. The summed E-state index contributed by atoms with van der Waals surface area (Å²) >= 11 is 2.61. The van der Waals surface area contributed by atoms with E-state index in [4.69, 9.17) is 0 Å². The topological polar surface area (TPSA) is 82.4 Å². The van der Waals surface area contributed by atoms with Crippen LogP contribution in [0.3, 0.4) is 0 Å². The molecule has 0 fully saturated rings. The largest absolute Gasteiger partial charge is 0.363 e. The predicted octanol–water partition coefficient (Wildman–Crippen LogP) is 4.61. The molecule has 0 radical (unpaired) electrons. The van der Waals surface area contributed by atoms with Gasteiger partial charge in [-0.2, -0.15) is 8.42 Å². The van der Waals surface area contributed by atoms with E-state index in [0.29, 0.717) is 9.40 Å². The van der Waals surface area contributed by atoms with Gasteiger partial charge >= 0.3 is 10.1 Å². The molecule has 180 valence electrons. The van der Waals surface area contributed by atoms with Crippen molar-refractivity contribution in [2.45, 2.75) is 11.8 Å². The molecule has 2 aromatic heterocycles. The first-order chi connectivity index (χ1) is 16.4. The Hall–Kier alpha value is -3.36. The Kier molecular flexibility index (Phi) is 5.23. The molecule has 3 aromatic carbocycles. The van der Waals surface area contributed by atoms with Crippen LogP contribution >= 0.6 is 22.7 Å². The van der Waals surface area contributed by atoms with Crippen LogP contribution in [0, 0.1) is 36.0 Å². The number of fused-ring (bicyclic) bond motifs is 3. The van der Waals surface area contributed by atoms with Gasteiger partial charge in [-0.15, -0.1) is 22.7 Å². The van der Waals surface area contributed by atoms with Crippen LogP contribution in [-0.2, 0) is 10.1 Å². The van der Waals surface area contributed by atoms with Gasteiger partial charge in [-0.25, -0.2) is 22.0 Å². The van der Waals surface area contributed by atoms with Crippen LogP contribution in [-0.4, -0.2) is 13.1 Å². The Balaban J connectivity index is 1.72. The molecule has 0 saturated heterocycles. The number of benzene rings is 3. The highest BCUT2D eigenvalue weighted by atomic mass is 32.2. The van der Waals surface area contributed by atoms with E-state index in [1.54, 1.807) is 0 Å². The first-order valence-electron chi connectivity index (χ1n) is 9.40. The highest BCUT2D eigenvalue weighted by molar-refractivity contribution is 7.87. The van der Waals surface area contributed by atoms with Gasteiger partial charge in [0.25, 0.3) is 11.1 Å². The fourth-order valence-electron chi connectivity index (χ4n) is 3.41. The summed E-state index contributed by atoms with van der Waals surface area (Å²) in [6.45, 7) is 1.89. The van der Waals surface area contributed by atoms with E-state index in [0.717, 1.165) is 15.0 Å². The lowest BCUT2D eigenvalue weighted by Crippen LogP contribution is -2.36. The highest BCUT2D eigenvalue weighted by Crippen LogP contribution is 2.35. The Morgan fingerprint density at radius 1 is 0.714 bits per heavy atom. The van der Waals surface area contributed by atoms with Crippen LogP contribution in [0.1, 0.15) is 5.56 Å². The number of rotatable bonds is 3. The number of aromatic nitrogens is 1. The van der Waals surface area contributed by atoms with Gasteiger partial charge in [0.1, 0.15) is 0 Å². The molecule has 0 spiro atoms. The SMILES string of the molecule is Cc1ccc2sc3cc4c(=O)n(OS(=O)(=O)c5c(F)c(F)c(F)c(F)c5F)c(=O)c4cc3sc2c1. The zero-order valence-electron chi connectivity index (χ0n) is 17.0. The monoisotopic (exact) mass is 545 g/mol. The van der Waals surface area contributed by atoms with Gasteiger partial charge in [-0.1, -0.05) is 10.8 Å². The molecule has 6 nitrogen and oxygen atoms in total. The average molecular weight is 545 g/mol. The predicted molar refractivity (Wildman–Crippen MR) is 120 cm³/mol. The Labute approximate surface area is 199 Å². The van der Waals surface area contributed by atoms with Gasteiger partial charge in [0.2, 0.25) is 5.82 Å². The Morgan fingerprint density at radius 2 is 1.17 bits per heavy atom. The molecule has 0 aliphatic carbocycles. The lowest BCUT2D eigenvalue weighted by molar-refractivity contribution is 0.257. The van der Waals surface area contributed by atoms with E-state index in [9.17, 15) is 40.0 Å². The molecule has 0 N–H and O–H groups in total. The third-order valence-electron chi connectivity index (χ3n) is 5.04. The summed E-state index contributed by atoms with van der Waals surface area (Å²) in [5.41, 5.74) is -1.59. The number of hydrogen-bond acceptors (Lipinski definition) is 7. The van der Waals surface area contributed by atoms with E-state index in [-0.39, 0.29) is 15.5 Å². The van der Waals surface area contributed by atoms with Crippen molar-refractivity contribution in [2.24, 2.45) is 0 Å². The maximum atomic E-state index is 14.0. The van der Waals surface area contributed by atoms with Gasteiger partial charge in [-0.3, -0.25) is 13.9 Å². The summed E-state index contributed by atoms with van der Waals surface area (Å²) in [6.07, 6.45) is 0. The molecule has 14 heteroatoms. The van der Waals surface area contributed by atoms with Gasteiger partial charge in [0.15, 0.2) is 28.2 Å². The van der Waals surface area contributed by atoms with Crippen molar-refractivity contribution in [1.82, 2.24) is 4.73 Å². The number of halogens is 5. The fraction of sp³-hybridized carbons (Fsp3) is 0.0476. The van der Waals surface area contributed by atoms with Gasteiger partial charge in [0.05, 0.1) is 10.8 Å². The van der Waals surface area contributed by atoms with Crippen LogP contribution in [0.5, 0.6) is 0 Å². The van der Waals surface area contributed by atoms with E-state index in [2.05, 4.69) is 4.28 Å². The smallest absolute Gasteiger partial charge is 0.277 e. The molecule has 2 heterocycles. The molecule has 0 saturated carbocycles. The minimum atomic E-state index is -5.84. The van der Waals surface area contributed by atoms with E-state index >= 15 is 0 Å². The average Bonchev–Trinajstić information content (AvgIpc) is 3.02. The highest BCUT2D eigenvalue weighted by Gasteiger charge is 2.36. The van der Waals surface area contributed by atoms with Gasteiger partial charge in [-0.05, 0) is 36.8 Å². The normalized spacial score (nSPS) is 12.2. The molecule has 5 aromatic rings. The second-order valence-electron chi connectivity index (χ2n) is 7.33. The third kappa shape index (κ3) is 3.51. The van der Waals surface area contributed by atoms with Crippen molar-refractivity contribution >= 4 is 62.4 Å². The number of nitrogens with zero attached hydrogens (tertiary/aromatic N) is 1. The second-order valence-corrected chi connectivity index (χ2v) is 11.0. The Bertz CT molecular complexity index is 1930. The van der Waals surface area contributed by atoms with E-state index in [1.165, 1.54) is 34.8 Å². The third-order valence-corrected chi connectivity index (χ3v) is 8.76. The van der Waals surface area contributed by atoms with Crippen molar-refractivity contribution in [3.63, 3.8) is 0 Å². The minimum absolute atomic E-state index is 0.259. The van der Waals surface area contributed by atoms with Crippen LogP contribution in [0.2, 0.25) is 0 Å². The molecule has 35 heavy (non-hydrogen) atoms. The van der Waals surface area contributed by atoms with Crippen molar-refractivity contribution < 1.29 is 34.7 Å². The lowest BCUT2D eigenvalue weighted by atomic mass is 10.2. The van der Waals surface area contributed by atoms with Crippen LogP contribution in [0.25, 0.3) is 29.6 Å². The van der Waals surface area contributed by atoms with Crippen molar-refractivity contribution in [2.75, 3.05) is 0 Å². The molecule has 0 atom stereocenters. The maximum absolute atomic E-state index is 14.0. The molecule has 0 aliphatic rings. The molecule has 0 unspecified atom stereocenters. The quantitative estimate of drug-likeness (QED) is 0.143. The molecular weight excluding hydrogens is 537 g/mol. The maximum Gasteiger partial charge on any atom is 0.363 e. The molecule has 0 amide bonds. The summed E-state index contributed by atoms with van der Waals surface area (Å²) in [5, 5.41) is -0.518. The lowest BCUT2D eigenvalue weighted by Gasteiger charge is -2.09. The van der Waals surface area contributed by atoms with Gasteiger partial charge in [0, 0.05) is 18.8 Å². The fourth-order valence-corrected chi connectivity index (χ4v) is 6.79. The van der Waals surface area contributed by atoms with Gasteiger partial charge < -0.3 is 0 Å². The van der Waals surface area contributed by atoms with Crippen LogP contribution < -0.4 is 15.4 Å². The van der Waals surface area contributed by atoms with E-state index in [1.807, 2.05) is 25.1 Å². The second kappa shape index (κ2) is 7.83. The standard InChI is InChI=1S/C21H8F5NO5S3/c1-7-2-3-10-11(4-7)34-13-6-9-8(5-12(13)33-10)20(28)27(21(9)29)32-35(30,31)19-17(25)15(23)14(22)16(24)18(19)26/h2-6H,1H3. The van der Waals surface area contributed by atoms with Crippen LogP contribution in [0.4, 0.5) is 22.0 Å². The minimum Gasteiger partial charge on any atom is -0.277 e. The molecule has 5 rings (SSSR count). The number of hydrogen-bond donors (Lipinski definition) is 0. The molecular formula is C21H8F5NO5S3. The first-order valence-corrected chi connectivity index (χ1v) is 12.4. The summed E-state index contributed by atoms with van der Waals surface area (Å²) in [4.78, 5) is 23.2. The summed E-state index contributed by atoms with van der Waals surface area (Å²) in [6, 6.07) is 8.35. The first kappa shape index (κ1) is 23.4. The zero-order valence-corrected chi connectivity index (χ0v) is 19.4. The summed E-state index contributed by atoms with van der Waals surface area (Å²) in [5.74, 6) is -13.1. The molecule has 0 bridgehead atoms. The van der Waals surface area contributed by atoms with Crippen molar-refractivity contribution in [3.05, 3.63) is 85.7 Å². The van der Waals surface area contributed by atoms with Crippen LogP contribution in [0.15, 0.2) is 44.8 Å². The van der Waals surface area contributed by atoms with Crippen molar-refractivity contribution in [1.29, 1.82) is 0 Å². The van der Waals surface area contributed by atoms with Crippen molar-refractivity contribution in [3.8, 4) is 0 Å². The van der Waals surface area contributed by atoms with E-state index < -0.39 is 55.2 Å². The summed E-state index contributed by atoms with van der Waals surface area (Å²) < 4.78 is 100.